The molecule has 2 saturated carbocycles. The molecular formula is C15H24N2O2S2. The minimum atomic E-state index is -3.36. The van der Waals surface area contributed by atoms with E-state index in [1.54, 1.807) is 5.38 Å². The first-order valence-electron chi connectivity index (χ1n) is 7.90. The SMILES string of the molecule is CCC(CC1CC1)NS(=O)(=O)c1csc(CNC2CC2)c1. The third kappa shape index (κ3) is 4.52. The molecule has 1 aromatic rings. The van der Waals surface area contributed by atoms with Crippen LogP contribution in [0.3, 0.4) is 0 Å². The van der Waals surface area contributed by atoms with Crippen LogP contribution in [0, 0.1) is 5.92 Å². The quantitative estimate of drug-likeness (QED) is 0.733. The van der Waals surface area contributed by atoms with E-state index < -0.39 is 10.0 Å². The van der Waals surface area contributed by atoms with Gasteiger partial charge in [0.1, 0.15) is 0 Å². The summed E-state index contributed by atoms with van der Waals surface area (Å²) in [4.78, 5) is 1.52. The summed E-state index contributed by atoms with van der Waals surface area (Å²) in [6.07, 6.45) is 6.85. The zero-order valence-electron chi connectivity index (χ0n) is 12.5. The van der Waals surface area contributed by atoms with Crippen molar-refractivity contribution in [1.82, 2.24) is 10.0 Å². The molecule has 4 nitrogen and oxygen atoms in total. The summed E-state index contributed by atoms with van der Waals surface area (Å²) < 4.78 is 27.8. The Morgan fingerprint density at radius 3 is 2.71 bits per heavy atom. The highest BCUT2D eigenvalue weighted by Crippen LogP contribution is 2.34. The van der Waals surface area contributed by atoms with Gasteiger partial charge < -0.3 is 5.32 Å². The molecule has 118 valence electrons. The Morgan fingerprint density at radius 1 is 1.33 bits per heavy atom. The van der Waals surface area contributed by atoms with Crippen molar-refractivity contribution in [1.29, 1.82) is 0 Å². The molecule has 0 spiro atoms. The first-order valence-corrected chi connectivity index (χ1v) is 10.3. The third-order valence-electron chi connectivity index (χ3n) is 4.21. The van der Waals surface area contributed by atoms with Gasteiger partial charge in [0.2, 0.25) is 10.0 Å². The lowest BCUT2D eigenvalue weighted by Gasteiger charge is -2.16. The molecule has 1 aromatic heterocycles. The van der Waals surface area contributed by atoms with Gasteiger partial charge in [-0.1, -0.05) is 19.8 Å². The van der Waals surface area contributed by atoms with Crippen LogP contribution in [0.1, 0.15) is 50.3 Å². The summed E-state index contributed by atoms with van der Waals surface area (Å²) in [5.41, 5.74) is 0. The second-order valence-electron chi connectivity index (χ2n) is 6.31. The van der Waals surface area contributed by atoms with Crippen LogP contribution < -0.4 is 10.0 Å². The van der Waals surface area contributed by atoms with Gasteiger partial charge in [-0.3, -0.25) is 0 Å². The fourth-order valence-electron chi connectivity index (χ4n) is 2.47. The summed E-state index contributed by atoms with van der Waals surface area (Å²) in [6.45, 7) is 2.83. The van der Waals surface area contributed by atoms with Crippen molar-refractivity contribution < 1.29 is 8.42 Å². The summed E-state index contributed by atoms with van der Waals surface area (Å²) in [7, 11) is -3.36. The predicted octanol–water partition coefficient (Wildman–Crippen LogP) is 2.86. The molecule has 1 atom stereocenters. The van der Waals surface area contributed by atoms with Gasteiger partial charge in [0.25, 0.3) is 0 Å². The molecule has 0 aromatic carbocycles. The van der Waals surface area contributed by atoms with Gasteiger partial charge in [-0.15, -0.1) is 11.3 Å². The Balaban J connectivity index is 1.59. The lowest BCUT2D eigenvalue weighted by molar-refractivity contribution is 0.495. The number of hydrogen-bond donors (Lipinski definition) is 2. The van der Waals surface area contributed by atoms with Crippen molar-refractivity contribution in [3.05, 3.63) is 16.3 Å². The summed E-state index contributed by atoms with van der Waals surface area (Å²) in [6, 6.07) is 2.54. The molecule has 6 heteroatoms. The van der Waals surface area contributed by atoms with Crippen LogP contribution in [-0.4, -0.2) is 20.5 Å². The van der Waals surface area contributed by atoms with Gasteiger partial charge in [-0.25, -0.2) is 13.1 Å². The van der Waals surface area contributed by atoms with Crippen LogP contribution in [0.15, 0.2) is 16.3 Å². The fraction of sp³-hybridized carbons (Fsp3) is 0.733. The van der Waals surface area contributed by atoms with Crippen LogP contribution in [0.5, 0.6) is 0 Å². The molecule has 2 aliphatic carbocycles. The van der Waals surface area contributed by atoms with E-state index in [4.69, 9.17) is 0 Å². The van der Waals surface area contributed by atoms with E-state index in [1.807, 2.05) is 13.0 Å². The van der Waals surface area contributed by atoms with Crippen LogP contribution in [0.25, 0.3) is 0 Å². The van der Waals surface area contributed by atoms with Crippen LogP contribution in [-0.2, 0) is 16.6 Å². The zero-order valence-corrected chi connectivity index (χ0v) is 14.1. The predicted molar refractivity (Wildman–Crippen MR) is 85.9 cm³/mol. The van der Waals surface area contributed by atoms with Crippen molar-refractivity contribution in [3.8, 4) is 0 Å². The number of thiophene rings is 1. The summed E-state index contributed by atoms with van der Waals surface area (Å²) >= 11 is 1.53. The Hall–Kier alpha value is -0.430. The van der Waals surface area contributed by atoms with Gasteiger partial charge in [0.05, 0.1) is 4.90 Å². The standard InChI is InChI=1S/C15H24N2O2S2/c1-2-12(7-11-3-4-11)17-21(18,19)15-8-14(20-10-15)9-16-13-5-6-13/h8,10-13,16-17H,2-7,9H2,1H3. The average molecular weight is 329 g/mol. The molecule has 0 bridgehead atoms. The first kappa shape index (κ1) is 15.5. The summed E-state index contributed by atoms with van der Waals surface area (Å²) in [5.74, 6) is 0.735. The topological polar surface area (TPSA) is 58.2 Å². The lowest BCUT2D eigenvalue weighted by Crippen LogP contribution is -2.34. The minimum absolute atomic E-state index is 0.0791. The molecule has 2 aliphatic rings. The molecule has 2 N–H and O–H groups in total. The molecule has 1 heterocycles. The average Bonchev–Trinajstić information content (AvgIpc) is 3.37. The van der Waals surface area contributed by atoms with E-state index in [0.717, 1.165) is 30.2 Å². The molecular weight excluding hydrogens is 304 g/mol. The normalized spacial score (nSPS) is 20.6. The molecule has 2 fully saturated rings. The van der Waals surface area contributed by atoms with E-state index in [-0.39, 0.29) is 6.04 Å². The fourth-order valence-corrected chi connectivity index (χ4v) is 5.03. The first-order chi connectivity index (χ1) is 10.1. The molecule has 21 heavy (non-hydrogen) atoms. The maximum atomic E-state index is 12.4. The summed E-state index contributed by atoms with van der Waals surface area (Å²) in [5, 5.41) is 5.18. The maximum Gasteiger partial charge on any atom is 0.241 e. The number of sulfonamides is 1. The molecule has 1 unspecified atom stereocenters. The van der Waals surface area contributed by atoms with Gasteiger partial charge in [-0.05, 0) is 37.7 Å². The van der Waals surface area contributed by atoms with Gasteiger partial charge in [0, 0.05) is 28.9 Å². The van der Waals surface area contributed by atoms with Crippen molar-refractivity contribution in [2.45, 2.75) is 69.0 Å². The molecule has 0 amide bonds. The van der Waals surface area contributed by atoms with Gasteiger partial charge in [-0.2, -0.15) is 0 Å². The molecule has 3 rings (SSSR count). The molecule has 0 radical (unpaired) electrons. The largest absolute Gasteiger partial charge is 0.309 e. The van der Waals surface area contributed by atoms with E-state index in [2.05, 4.69) is 10.0 Å². The Kier molecular flexibility index (Phi) is 4.69. The highest BCUT2D eigenvalue weighted by Gasteiger charge is 2.28. The highest BCUT2D eigenvalue weighted by atomic mass is 32.2. The maximum absolute atomic E-state index is 12.4. The Morgan fingerprint density at radius 2 is 2.10 bits per heavy atom. The minimum Gasteiger partial charge on any atom is -0.309 e. The third-order valence-corrected chi connectivity index (χ3v) is 6.80. The highest BCUT2D eigenvalue weighted by molar-refractivity contribution is 7.89. The van der Waals surface area contributed by atoms with Gasteiger partial charge in [0.15, 0.2) is 0 Å². The lowest BCUT2D eigenvalue weighted by atomic mass is 10.1. The monoisotopic (exact) mass is 328 g/mol. The number of hydrogen-bond acceptors (Lipinski definition) is 4. The van der Waals surface area contributed by atoms with Crippen LogP contribution in [0.2, 0.25) is 0 Å². The zero-order chi connectivity index (χ0) is 14.9. The van der Waals surface area contributed by atoms with Crippen LogP contribution >= 0.6 is 11.3 Å². The second kappa shape index (κ2) is 6.36. The van der Waals surface area contributed by atoms with Crippen molar-refractivity contribution in [2.75, 3.05) is 0 Å². The van der Waals surface area contributed by atoms with Gasteiger partial charge >= 0.3 is 0 Å². The number of nitrogens with one attached hydrogen (secondary N) is 2. The number of rotatable bonds is 9. The smallest absolute Gasteiger partial charge is 0.241 e. The van der Waals surface area contributed by atoms with E-state index in [0.29, 0.717) is 10.9 Å². The molecule has 0 aliphatic heterocycles. The molecule has 0 saturated heterocycles. The van der Waals surface area contributed by atoms with Crippen molar-refractivity contribution in [2.24, 2.45) is 5.92 Å². The Bertz CT molecular complexity index is 574. The Labute approximate surface area is 131 Å². The second-order valence-corrected chi connectivity index (χ2v) is 9.02. The van der Waals surface area contributed by atoms with Crippen LogP contribution in [0.4, 0.5) is 0 Å². The van der Waals surface area contributed by atoms with Crippen molar-refractivity contribution in [3.63, 3.8) is 0 Å². The van der Waals surface area contributed by atoms with E-state index >= 15 is 0 Å². The van der Waals surface area contributed by atoms with Crippen molar-refractivity contribution >= 4 is 21.4 Å². The van der Waals surface area contributed by atoms with E-state index in [9.17, 15) is 8.42 Å². The van der Waals surface area contributed by atoms with E-state index in [1.165, 1.54) is 37.0 Å².